The van der Waals surface area contributed by atoms with Crippen LogP contribution in [0.4, 0.5) is 0 Å². The molecular formula is C12H18ClNO. The van der Waals surface area contributed by atoms with Crippen molar-refractivity contribution in [3.8, 4) is 5.75 Å². The van der Waals surface area contributed by atoms with Gasteiger partial charge in [-0.3, -0.25) is 0 Å². The monoisotopic (exact) mass is 227 g/mol. The molecule has 1 aromatic rings. The fourth-order valence-corrected chi connectivity index (χ4v) is 1.76. The first-order valence-electron chi connectivity index (χ1n) is 5.21. The Morgan fingerprint density at radius 3 is 2.80 bits per heavy atom. The van der Waals surface area contributed by atoms with Crippen LogP contribution in [-0.2, 0) is 0 Å². The molecule has 3 heteroatoms. The summed E-state index contributed by atoms with van der Waals surface area (Å²) in [5, 5.41) is 3.30. The maximum Gasteiger partial charge on any atom is 0.122 e. The normalized spacial score (nSPS) is 19.7. The lowest BCUT2D eigenvalue weighted by molar-refractivity contribution is 0.221. The smallest absolute Gasteiger partial charge is 0.122 e. The summed E-state index contributed by atoms with van der Waals surface area (Å²) in [6, 6.07) is 6.23. The standard InChI is InChI=1S/C12H17NO.ClH/c1-9-4-3-5-12(10(9)2)14-11-6-7-13-8-11;/h3-5,11,13H,6-8H2,1-2H3;1H. The number of aryl methyl sites for hydroxylation is 1. The second kappa shape index (κ2) is 5.38. The second-order valence-electron chi connectivity index (χ2n) is 3.93. The third-order valence-electron chi connectivity index (χ3n) is 2.86. The van der Waals surface area contributed by atoms with Crippen molar-refractivity contribution in [2.24, 2.45) is 0 Å². The number of ether oxygens (including phenoxy) is 1. The molecule has 1 N–H and O–H groups in total. The molecule has 1 aromatic carbocycles. The highest BCUT2D eigenvalue weighted by Crippen LogP contribution is 2.22. The SMILES string of the molecule is Cc1cccc(OC2CCNC2)c1C.Cl. The van der Waals surface area contributed by atoms with Gasteiger partial charge in [-0.05, 0) is 44.0 Å². The summed E-state index contributed by atoms with van der Waals surface area (Å²) in [6.07, 6.45) is 1.48. The topological polar surface area (TPSA) is 21.3 Å². The van der Waals surface area contributed by atoms with Gasteiger partial charge < -0.3 is 10.1 Å². The Hall–Kier alpha value is -0.730. The van der Waals surface area contributed by atoms with Gasteiger partial charge in [0.2, 0.25) is 0 Å². The lowest BCUT2D eigenvalue weighted by Crippen LogP contribution is -2.20. The molecule has 1 saturated heterocycles. The van der Waals surface area contributed by atoms with Crippen molar-refractivity contribution in [1.82, 2.24) is 5.32 Å². The Labute approximate surface area is 97.4 Å². The summed E-state index contributed by atoms with van der Waals surface area (Å²) < 4.78 is 5.92. The summed E-state index contributed by atoms with van der Waals surface area (Å²) in [7, 11) is 0. The van der Waals surface area contributed by atoms with Crippen molar-refractivity contribution in [2.45, 2.75) is 26.4 Å². The van der Waals surface area contributed by atoms with Gasteiger partial charge in [0.15, 0.2) is 0 Å². The van der Waals surface area contributed by atoms with Crippen LogP contribution in [0.1, 0.15) is 17.5 Å². The highest BCUT2D eigenvalue weighted by Gasteiger charge is 2.16. The molecule has 1 fully saturated rings. The van der Waals surface area contributed by atoms with E-state index in [9.17, 15) is 0 Å². The van der Waals surface area contributed by atoms with E-state index in [2.05, 4.69) is 37.4 Å². The van der Waals surface area contributed by atoms with Gasteiger partial charge in [0.1, 0.15) is 11.9 Å². The minimum absolute atomic E-state index is 0. The van der Waals surface area contributed by atoms with Crippen LogP contribution in [0.2, 0.25) is 0 Å². The predicted octanol–water partition coefficient (Wildman–Crippen LogP) is 2.47. The molecule has 84 valence electrons. The molecule has 0 amide bonds. The Morgan fingerprint density at radius 1 is 1.33 bits per heavy atom. The molecule has 1 atom stereocenters. The summed E-state index contributed by atoms with van der Waals surface area (Å²) in [5.41, 5.74) is 2.56. The van der Waals surface area contributed by atoms with Gasteiger partial charge in [-0.1, -0.05) is 12.1 Å². The van der Waals surface area contributed by atoms with Crippen molar-refractivity contribution >= 4 is 12.4 Å². The van der Waals surface area contributed by atoms with Crippen molar-refractivity contribution < 1.29 is 4.74 Å². The zero-order chi connectivity index (χ0) is 9.97. The molecule has 1 aliphatic heterocycles. The maximum absolute atomic E-state index is 5.92. The first-order chi connectivity index (χ1) is 6.77. The molecule has 1 aliphatic rings. The highest BCUT2D eigenvalue weighted by atomic mass is 35.5. The molecule has 0 bridgehead atoms. The zero-order valence-corrected chi connectivity index (χ0v) is 10.1. The van der Waals surface area contributed by atoms with Gasteiger partial charge in [0.25, 0.3) is 0 Å². The van der Waals surface area contributed by atoms with Gasteiger partial charge in [0, 0.05) is 6.54 Å². The third kappa shape index (κ3) is 2.86. The van der Waals surface area contributed by atoms with E-state index in [1.165, 1.54) is 11.1 Å². The van der Waals surface area contributed by atoms with Gasteiger partial charge in [-0.15, -0.1) is 12.4 Å². The number of hydrogen-bond donors (Lipinski definition) is 1. The molecule has 2 rings (SSSR count). The van der Waals surface area contributed by atoms with E-state index in [4.69, 9.17) is 4.74 Å². The minimum Gasteiger partial charge on any atom is -0.489 e. The first-order valence-corrected chi connectivity index (χ1v) is 5.21. The van der Waals surface area contributed by atoms with Crippen molar-refractivity contribution in [3.05, 3.63) is 29.3 Å². The lowest BCUT2D eigenvalue weighted by Gasteiger charge is -2.15. The van der Waals surface area contributed by atoms with Crippen LogP contribution < -0.4 is 10.1 Å². The van der Waals surface area contributed by atoms with Crippen LogP contribution in [0, 0.1) is 13.8 Å². The van der Waals surface area contributed by atoms with E-state index in [1.807, 2.05) is 0 Å². The summed E-state index contributed by atoms with van der Waals surface area (Å²) >= 11 is 0. The molecule has 2 nitrogen and oxygen atoms in total. The van der Waals surface area contributed by atoms with Crippen molar-refractivity contribution in [1.29, 1.82) is 0 Å². The summed E-state index contributed by atoms with van der Waals surface area (Å²) in [6.45, 7) is 6.30. The van der Waals surface area contributed by atoms with Gasteiger partial charge in [-0.2, -0.15) is 0 Å². The Kier molecular flexibility index (Phi) is 4.43. The molecule has 0 radical (unpaired) electrons. The van der Waals surface area contributed by atoms with E-state index in [0.717, 1.165) is 25.3 Å². The van der Waals surface area contributed by atoms with Crippen molar-refractivity contribution in [3.63, 3.8) is 0 Å². The Bertz CT molecular complexity index is 321. The van der Waals surface area contributed by atoms with Crippen LogP contribution in [-0.4, -0.2) is 19.2 Å². The molecule has 0 aromatic heterocycles. The number of halogens is 1. The van der Waals surface area contributed by atoms with E-state index >= 15 is 0 Å². The molecule has 15 heavy (non-hydrogen) atoms. The molecule has 1 heterocycles. The number of benzene rings is 1. The van der Waals surface area contributed by atoms with Crippen LogP contribution in [0.5, 0.6) is 5.75 Å². The molecule has 1 unspecified atom stereocenters. The molecule has 0 spiro atoms. The Balaban J connectivity index is 0.00000112. The fourth-order valence-electron chi connectivity index (χ4n) is 1.76. The second-order valence-corrected chi connectivity index (χ2v) is 3.93. The quantitative estimate of drug-likeness (QED) is 0.838. The fraction of sp³-hybridized carbons (Fsp3) is 0.500. The maximum atomic E-state index is 5.92. The van der Waals surface area contributed by atoms with E-state index < -0.39 is 0 Å². The largest absolute Gasteiger partial charge is 0.489 e. The van der Waals surface area contributed by atoms with E-state index in [1.54, 1.807) is 0 Å². The first kappa shape index (κ1) is 12.3. The lowest BCUT2D eigenvalue weighted by atomic mass is 10.1. The highest BCUT2D eigenvalue weighted by molar-refractivity contribution is 5.85. The van der Waals surface area contributed by atoms with Gasteiger partial charge in [0.05, 0.1) is 0 Å². The summed E-state index contributed by atoms with van der Waals surface area (Å²) in [5.74, 6) is 1.04. The summed E-state index contributed by atoms with van der Waals surface area (Å²) in [4.78, 5) is 0. The van der Waals surface area contributed by atoms with Gasteiger partial charge >= 0.3 is 0 Å². The van der Waals surface area contributed by atoms with E-state index in [0.29, 0.717) is 6.10 Å². The minimum atomic E-state index is 0. The number of rotatable bonds is 2. The molecule has 0 saturated carbocycles. The molecule has 0 aliphatic carbocycles. The van der Waals surface area contributed by atoms with Crippen LogP contribution in [0.3, 0.4) is 0 Å². The van der Waals surface area contributed by atoms with E-state index in [-0.39, 0.29) is 12.4 Å². The van der Waals surface area contributed by atoms with Crippen LogP contribution >= 0.6 is 12.4 Å². The number of hydrogen-bond acceptors (Lipinski definition) is 2. The Morgan fingerprint density at radius 2 is 2.13 bits per heavy atom. The number of nitrogens with one attached hydrogen (secondary N) is 1. The van der Waals surface area contributed by atoms with Crippen molar-refractivity contribution in [2.75, 3.05) is 13.1 Å². The van der Waals surface area contributed by atoms with Crippen LogP contribution in [0.15, 0.2) is 18.2 Å². The molecular weight excluding hydrogens is 210 g/mol. The van der Waals surface area contributed by atoms with Crippen LogP contribution in [0.25, 0.3) is 0 Å². The predicted molar refractivity (Wildman–Crippen MR) is 65.1 cm³/mol. The van der Waals surface area contributed by atoms with Gasteiger partial charge in [-0.25, -0.2) is 0 Å². The third-order valence-corrected chi connectivity index (χ3v) is 2.86. The average Bonchev–Trinajstić information content (AvgIpc) is 2.66. The average molecular weight is 228 g/mol. The zero-order valence-electron chi connectivity index (χ0n) is 9.25.